The molecular weight excluding hydrogens is 426 g/mol. The normalized spacial score (nSPS) is 16.9. The lowest BCUT2D eigenvalue weighted by atomic mass is 9.73. The van der Waals surface area contributed by atoms with Crippen LogP contribution in [-0.4, -0.2) is 53.6 Å². The Kier molecular flexibility index (Phi) is 8.14. The number of aromatic nitrogens is 2. The SMILES string of the molecule is C[N+](C)(CCOCCc1ccccc1)Cc1nc(C(O)(c2ccccc2)C2CCCCC2)no1. The Morgan fingerprint density at radius 1 is 0.971 bits per heavy atom. The molecule has 1 atom stereocenters. The van der Waals surface area contributed by atoms with Gasteiger partial charge in [-0.1, -0.05) is 85.1 Å². The van der Waals surface area contributed by atoms with Crippen LogP contribution < -0.4 is 0 Å². The molecule has 182 valence electrons. The molecule has 0 saturated heterocycles. The smallest absolute Gasteiger partial charge is 0.281 e. The number of likely N-dealkylation sites (N-methyl/N-ethyl adjacent to an activating group) is 1. The molecule has 0 bridgehead atoms. The average molecular weight is 465 g/mol. The molecule has 4 rings (SSSR count). The molecule has 0 radical (unpaired) electrons. The van der Waals surface area contributed by atoms with Crippen LogP contribution in [0.1, 0.15) is 54.9 Å². The van der Waals surface area contributed by atoms with Crippen LogP contribution in [0.25, 0.3) is 0 Å². The first kappa shape index (κ1) is 24.6. The second-order valence-corrected chi connectivity index (χ2v) is 10.1. The number of hydrogen-bond donors (Lipinski definition) is 1. The molecule has 0 spiro atoms. The van der Waals surface area contributed by atoms with E-state index in [9.17, 15) is 5.11 Å². The summed E-state index contributed by atoms with van der Waals surface area (Å²) in [4.78, 5) is 4.72. The molecule has 2 aromatic carbocycles. The van der Waals surface area contributed by atoms with E-state index in [4.69, 9.17) is 14.2 Å². The van der Waals surface area contributed by atoms with Gasteiger partial charge in [-0.2, -0.15) is 4.98 Å². The maximum absolute atomic E-state index is 12.0. The number of nitrogens with zero attached hydrogens (tertiary/aromatic N) is 3. The van der Waals surface area contributed by atoms with Crippen LogP contribution in [0.2, 0.25) is 0 Å². The van der Waals surface area contributed by atoms with Crippen molar-refractivity contribution < 1.29 is 18.8 Å². The molecule has 1 fully saturated rings. The second kappa shape index (κ2) is 11.3. The Morgan fingerprint density at radius 2 is 1.65 bits per heavy atom. The Balaban J connectivity index is 1.37. The molecule has 1 aromatic heterocycles. The van der Waals surface area contributed by atoms with Crippen molar-refractivity contribution in [3.63, 3.8) is 0 Å². The van der Waals surface area contributed by atoms with E-state index in [1.807, 2.05) is 36.4 Å². The quantitative estimate of drug-likeness (QED) is 0.328. The highest BCUT2D eigenvalue weighted by molar-refractivity contribution is 5.30. The van der Waals surface area contributed by atoms with Gasteiger partial charge in [-0.25, -0.2) is 0 Å². The first-order valence-electron chi connectivity index (χ1n) is 12.5. The van der Waals surface area contributed by atoms with Gasteiger partial charge in [0.15, 0.2) is 12.1 Å². The van der Waals surface area contributed by atoms with Crippen molar-refractivity contribution in [3.05, 3.63) is 83.5 Å². The van der Waals surface area contributed by atoms with Crippen LogP contribution in [-0.2, 0) is 23.3 Å². The van der Waals surface area contributed by atoms with Gasteiger partial charge in [0.05, 0.1) is 27.3 Å². The second-order valence-electron chi connectivity index (χ2n) is 10.1. The molecule has 0 amide bonds. The minimum absolute atomic E-state index is 0.0922. The Hall–Kier alpha value is -2.54. The molecule has 3 aromatic rings. The van der Waals surface area contributed by atoms with E-state index in [1.54, 1.807) is 0 Å². The first-order chi connectivity index (χ1) is 16.5. The molecule has 1 aliphatic carbocycles. The van der Waals surface area contributed by atoms with E-state index < -0.39 is 5.60 Å². The van der Waals surface area contributed by atoms with Crippen LogP contribution in [0, 0.1) is 5.92 Å². The fourth-order valence-corrected chi connectivity index (χ4v) is 4.93. The molecule has 6 nitrogen and oxygen atoms in total. The van der Waals surface area contributed by atoms with Crippen LogP contribution in [0.3, 0.4) is 0 Å². The lowest BCUT2D eigenvalue weighted by molar-refractivity contribution is -0.905. The van der Waals surface area contributed by atoms with Gasteiger partial charge in [0, 0.05) is 0 Å². The minimum atomic E-state index is -1.22. The van der Waals surface area contributed by atoms with Crippen molar-refractivity contribution in [2.45, 2.75) is 50.7 Å². The molecule has 0 aliphatic heterocycles. The summed E-state index contributed by atoms with van der Waals surface area (Å²) in [7, 11) is 4.27. The molecule has 34 heavy (non-hydrogen) atoms. The Bertz CT molecular complexity index is 1000. The number of benzene rings is 2. The van der Waals surface area contributed by atoms with E-state index in [1.165, 1.54) is 12.0 Å². The summed E-state index contributed by atoms with van der Waals surface area (Å²) in [6.07, 6.45) is 6.32. The highest BCUT2D eigenvalue weighted by atomic mass is 16.5. The molecule has 6 heteroatoms. The van der Waals surface area contributed by atoms with Crippen molar-refractivity contribution in [2.24, 2.45) is 5.92 Å². The summed E-state index contributed by atoms with van der Waals surface area (Å²) < 4.78 is 12.2. The van der Waals surface area contributed by atoms with Gasteiger partial charge in [-0.15, -0.1) is 0 Å². The van der Waals surface area contributed by atoms with Crippen molar-refractivity contribution in [1.29, 1.82) is 0 Å². The highest BCUT2D eigenvalue weighted by Crippen LogP contribution is 2.42. The third kappa shape index (κ3) is 6.12. The lowest BCUT2D eigenvalue weighted by Gasteiger charge is -2.36. The molecule has 1 N–H and O–H groups in total. The number of aliphatic hydroxyl groups is 1. The summed E-state index contributed by atoms with van der Waals surface area (Å²) >= 11 is 0. The summed E-state index contributed by atoms with van der Waals surface area (Å²) in [6, 6.07) is 20.2. The zero-order valence-electron chi connectivity index (χ0n) is 20.5. The first-order valence-corrected chi connectivity index (χ1v) is 12.5. The summed E-state index contributed by atoms with van der Waals surface area (Å²) in [5.74, 6) is 1.03. The van der Waals surface area contributed by atoms with Gasteiger partial charge in [0.25, 0.3) is 5.89 Å². The standard InChI is InChI=1S/C28H38N3O3/c1-31(2,19-21-33-20-18-23-12-6-3-7-13-23)22-26-29-27(30-34-26)28(32,24-14-8-4-9-15-24)25-16-10-5-11-17-25/h3-4,6-9,12-15,25,32H,5,10-11,16-22H2,1-2H3/q+1. The fourth-order valence-electron chi connectivity index (χ4n) is 4.93. The van der Waals surface area contributed by atoms with Crippen LogP contribution >= 0.6 is 0 Å². The molecular formula is C28H38N3O3+. The van der Waals surface area contributed by atoms with Crippen molar-refractivity contribution >= 4 is 0 Å². The molecule has 1 aliphatic rings. The largest absolute Gasteiger partial charge is 0.377 e. The Morgan fingerprint density at radius 3 is 2.35 bits per heavy atom. The minimum Gasteiger partial charge on any atom is -0.377 e. The monoisotopic (exact) mass is 464 g/mol. The van der Waals surface area contributed by atoms with Crippen molar-refractivity contribution in [3.8, 4) is 0 Å². The molecule has 1 heterocycles. The summed E-state index contributed by atoms with van der Waals surface area (Å²) in [6.45, 7) is 2.79. The number of quaternary nitrogens is 1. The Labute approximate surface area is 203 Å². The third-order valence-electron chi connectivity index (χ3n) is 7.00. The maximum Gasteiger partial charge on any atom is 0.281 e. The number of rotatable bonds is 11. The van der Waals surface area contributed by atoms with Crippen LogP contribution in [0.15, 0.2) is 65.2 Å². The average Bonchev–Trinajstić information content (AvgIpc) is 3.33. The van der Waals surface area contributed by atoms with Crippen LogP contribution in [0.5, 0.6) is 0 Å². The number of hydrogen-bond acceptors (Lipinski definition) is 5. The maximum atomic E-state index is 12.0. The van der Waals surface area contributed by atoms with Gasteiger partial charge in [-0.05, 0) is 36.3 Å². The van der Waals surface area contributed by atoms with Crippen molar-refractivity contribution in [2.75, 3.05) is 33.9 Å². The third-order valence-corrected chi connectivity index (χ3v) is 7.00. The van der Waals surface area contributed by atoms with Crippen LogP contribution in [0.4, 0.5) is 0 Å². The van der Waals surface area contributed by atoms with Gasteiger partial charge in [0.1, 0.15) is 6.54 Å². The van der Waals surface area contributed by atoms with E-state index in [-0.39, 0.29) is 5.92 Å². The molecule has 1 saturated carbocycles. The number of ether oxygens (including phenoxy) is 1. The van der Waals surface area contributed by atoms with E-state index in [0.29, 0.717) is 36.0 Å². The topological polar surface area (TPSA) is 68.4 Å². The van der Waals surface area contributed by atoms with E-state index in [0.717, 1.165) is 44.2 Å². The molecule has 1 unspecified atom stereocenters. The predicted octanol–water partition coefficient (Wildman–Crippen LogP) is 4.72. The van der Waals surface area contributed by atoms with Gasteiger partial charge >= 0.3 is 0 Å². The summed E-state index contributed by atoms with van der Waals surface area (Å²) in [5, 5.41) is 16.3. The lowest BCUT2D eigenvalue weighted by Crippen LogP contribution is -2.42. The van der Waals surface area contributed by atoms with Gasteiger partial charge in [0.2, 0.25) is 5.82 Å². The van der Waals surface area contributed by atoms with E-state index in [2.05, 4.69) is 43.5 Å². The van der Waals surface area contributed by atoms with E-state index >= 15 is 0 Å². The zero-order chi connectivity index (χ0) is 23.9. The van der Waals surface area contributed by atoms with Crippen molar-refractivity contribution in [1.82, 2.24) is 10.1 Å². The fraction of sp³-hybridized carbons (Fsp3) is 0.500. The predicted molar refractivity (Wildman–Crippen MR) is 132 cm³/mol. The van der Waals surface area contributed by atoms with Gasteiger partial charge in [-0.3, -0.25) is 0 Å². The highest BCUT2D eigenvalue weighted by Gasteiger charge is 2.44. The van der Waals surface area contributed by atoms with Gasteiger partial charge < -0.3 is 18.8 Å². The summed E-state index contributed by atoms with van der Waals surface area (Å²) in [5.41, 5.74) is 0.912. The zero-order valence-corrected chi connectivity index (χ0v) is 20.5.